The Hall–Kier alpha value is -3.28. The molecule has 3 aromatic rings. The van der Waals surface area contributed by atoms with E-state index in [4.69, 9.17) is 0 Å². The molecule has 0 bridgehead atoms. The van der Waals surface area contributed by atoms with Gasteiger partial charge in [0.25, 0.3) is 5.91 Å². The summed E-state index contributed by atoms with van der Waals surface area (Å²) < 4.78 is 13.0. The molecule has 0 saturated carbocycles. The molecule has 2 N–H and O–H groups in total. The summed E-state index contributed by atoms with van der Waals surface area (Å²) >= 11 is 0. The number of para-hydroxylation sites is 1. The Morgan fingerprint density at radius 3 is 2.55 bits per heavy atom. The van der Waals surface area contributed by atoms with Gasteiger partial charge in [-0.1, -0.05) is 37.3 Å². The number of anilines is 2. The monoisotopic (exact) mass is 392 g/mol. The fraction of sp³-hybridized carbons (Fsp3) is 0.261. The molecule has 0 radical (unpaired) electrons. The van der Waals surface area contributed by atoms with Gasteiger partial charge in [0.15, 0.2) is 0 Å². The fourth-order valence-electron chi connectivity index (χ4n) is 3.12. The number of benzene rings is 2. The van der Waals surface area contributed by atoms with Crippen LogP contribution < -0.4 is 10.6 Å². The number of carbonyl (C=O) groups excluding carboxylic acids is 1. The zero-order valence-electron chi connectivity index (χ0n) is 16.9. The second-order valence-corrected chi connectivity index (χ2v) is 6.94. The summed E-state index contributed by atoms with van der Waals surface area (Å²) in [7, 11) is 0. The second kappa shape index (κ2) is 9.28. The van der Waals surface area contributed by atoms with Crippen LogP contribution in [-0.2, 0) is 12.8 Å². The molecule has 6 heteroatoms. The number of hydrogen-bond acceptors (Lipinski definition) is 4. The largest absolute Gasteiger partial charge is 0.350 e. The van der Waals surface area contributed by atoms with Gasteiger partial charge in [-0.3, -0.25) is 4.79 Å². The molecular formula is C23H25FN4O. The van der Waals surface area contributed by atoms with Gasteiger partial charge in [0.05, 0.1) is 0 Å². The minimum atomic E-state index is -0.269. The van der Waals surface area contributed by atoms with Crippen molar-refractivity contribution >= 4 is 17.5 Å². The van der Waals surface area contributed by atoms with Gasteiger partial charge in [0.1, 0.15) is 11.5 Å². The minimum Gasteiger partial charge on any atom is -0.350 e. The van der Waals surface area contributed by atoms with Crippen molar-refractivity contribution in [2.24, 2.45) is 0 Å². The zero-order chi connectivity index (χ0) is 20.8. The molecule has 5 nitrogen and oxygen atoms in total. The van der Waals surface area contributed by atoms with Crippen LogP contribution in [0.15, 0.2) is 48.5 Å². The van der Waals surface area contributed by atoms with Gasteiger partial charge in [-0.25, -0.2) is 14.4 Å². The first-order valence-electron chi connectivity index (χ1n) is 9.70. The van der Waals surface area contributed by atoms with Crippen LogP contribution in [-0.4, -0.2) is 22.4 Å². The van der Waals surface area contributed by atoms with Gasteiger partial charge in [-0.2, -0.15) is 0 Å². The smallest absolute Gasteiger partial charge is 0.270 e. The van der Waals surface area contributed by atoms with E-state index in [0.717, 1.165) is 23.2 Å². The summed E-state index contributed by atoms with van der Waals surface area (Å²) in [6.07, 6.45) is 1.50. The number of aryl methyl sites for hydroxylation is 3. The molecule has 1 amide bonds. The van der Waals surface area contributed by atoms with Crippen molar-refractivity contribution in [3.63, 3.8) is 0 Å². The lowest BCUT2D eigenvalue weighted by Crippen LogP contribution is -2.27. The molecule has 1 heterocycles. The predicted octanol–water partition coefficient (Wildman–Crippen LogP) is 4.51. The first kappa shape index (κ1) is 20.5. The average molecular weight is 392 g/mol. The van der Waals surface area contributed by atoms with Crippen molar-refractivity contribution in [2.75, 3.05) is 11.9 Å². The fourth-order valence-corrected chi connectivity index (χ4v) is 3.12. The molecule has 0 saturated heterocycles. The van der Waals surface area contributed by atoms with Gasteiger partial charge in [0, 0.05) is 17.9 Å². The lowest BCUT2D eigenvalue weighted by Gasteiger charge is -2.14. The van der Waals surface area contributed by atoms with Crippen molar-refractivity contribution < 1.29 is 9.18 Å². The molecule has 0 aliphatic rings. The summed E-state index contributed by atoms with van der Waals surface area (Å²) in [5.41, 5.74) is 5.21. The number of nitrogens with one attached hydrogen (secondary N) is 2. The molecule has 2 aromatic carbocycles. The van der Waals surface area contributed by atoms with E-state index in [9.17, 15) is 9.18 Å². The van der Waals surface area contributed by atoms with Crippen LogP contribution in [0.3, 0.4) is 0 Å². The van der Waals surface area contributed by atoms with Gasteiger partial charge in [0.2, 0.25) is 5.95 Å². The number of carbonyl (C=O) groups is 1. The van der Waals surface area contributed by atoms with Gasteiger partial charge in [-0.15, -0.1) is 0 Å². The van der Waals surface area contributed by atoms with E-state index in [0.29, 0.717) is 30.3 Å². The molecule has 29 heavy (non-hydrogen) atoms. The third-order valence-corrected chi connectivity index (χ3v) is 4.68. The van der Waals surface area contributed by atoms with Crippen LogP contribution in [0, 0.1) is 19.7 Å². The lowest BCUT2D eigenvalue weighted by atomic mass is 10.1. The molecule has 150 valence electrons. The Bertz CT molecular complexity index is 1000. The van der Waals surface area contributed by atoms with E-state index in [2.05, 4.69) is 33.6 Å². The molecule has 1 aromatic heterocycles. The van der Waals surface area contributed by atoms with Crippen molar-refractivity contribution in [3.8, 4) is 0 Å². The number of aromatic nitrogens is 2. The van der Waals surface area contributed by atoms with Crippen molar-refractivity contribution in [3.05, 3.63) is 82.4 Å². The van der Waals surface area contributed by atoms with Crippen LogP contribution in [0.1, 0.15) is 39.8 Å². The highest BCUT2D eigenvalue weighted by Gasteiger charge is 2.12. The normalized spacial score (nSPS) is 10.6. The predicted molar refractivity (Wildman–Crippen MR) is 113 cm³/mol. The van der Waals surface area contributed by atoms with E-state index in [1.54, 1.807) is 18.2 Å². The topological polar surface area (TPSA) is 66.9 Å². The maximum Gasteiger partial charge on any atom is 0.270 e. The Kier molecular flexibility index (Phi) is 6.54. The van der Waals surface area contributed by atoms with E-state index < -0.39 is 0 Å². The Morgan fingerprint density at radius 2 is 1.83 bits per heavy atom. The number of halogens is 1. The minimum absolute atomic E-state index is 0.263. The third-order valence-electron chi connectivity index (χ3n) is 4.68. The first-order chi connectivity index (χ1) is 14.0. The summed E-state index contributed by atoms with van der Waals surface area (Å²) in [5, 5.41) is 6.14. The van der Waals surface area contributed by atoms with Crippen LogP contribution in [0.4, 0.5) is 16.0 Å². The highest BCUT2D eigenvalue weighted by molar-refractivity contribution is 5.92. The molecule has 0 aliphatic carbocycles. The van der Waals surface area contributed by atoms with Crippen LogP contribution in [0.25, 0.3) is 0 Å². The number of amides is 1. The maximum absolute atomic E-state index is 13.0. The van der Waals surface area contributed by atoms with Gasteiger partial charge < -0.3 is 10.6 Å². The van der Waals surface area contributed by atoms with E-state index >= 15 is 0 Å². The third kappa shape index (κ3) is 5.38. The standard InChI is InChI=1S/C23H25FN4O/c1-4-18-7-5-6-15(2)21(18)28-23-26-16(3)14-20(27-23)22(29)25-13-12-17-8-10-19(24)11-9-17/h5-11,14H,4,12-13H2,1-3H3,(H,25,29)(H,26,27,28). The Balaban J connectivity index is 1.70. The number of hydrogen-bond donors (Lipinski definition) is 2. The van der Waals surface area contributed by atoms with Gasteiger partial charge >= 0.3 is 0 Å². The molecule has 0 spiro atoms. The molecule has 0 unspecified atom stereocenters. The van der Waals surface area contributed by atoms with E-state index in [1.807, 2.05) is 26.0 Å². The average Bonchev–Trinajstić information content (AvgIpc) is 2.70. The molecule has 3 rings (SSSR count). The van der Waals surface area contributed by atoms with Crippen LogP contribution in [0.2, 0.25) is 0 Å². The summed E-state index contributed by atoms with van der Waals surface area (Å²) in [4.78, 5) is 21.4. The summed E-state index contributed by atoms with van der Waals surface area (Å²) in [6, 6.07) is 14.0. The Labute approximate surface area is 170 Å². The highest BCUT2D eigenvalue weighted by Crippen LogP contribution is 2.24. The SMILES string of the molecule is CCc1cccc(C)c1Nc1nc(C)cc(C(=O)NCCc2ccc(F)cc2)n1. The van der Waals surface area contributed by atoms with E-state index in [1.165, 1.54) is 17.7 Å². The van der Waals surface area contributed by atoms with Crippen molar-refractivity contribution in [2.45, 2.75) is 33.6 Å². The molecule has 0 atom stereocenters. The van der Waals surface area contributed by atoms with Gasteiger partial charge in [-0.05, 0) is 61.6 Å². The van der Waals surface area contributed by atoms with E-state index in [-0.39, 0.29) is 11.7 Å². The molecule has 0 aliphatic heterocycles. The molecular weight excluding hydrogens is 367 g/mol. The van der Waals surface area contributed by atoms with Crippen molar-refractivity contribution in [1.29, 1.82) is 0 Å². The summed E-state index contributed by atoms with van der Waals surface area (Å²) in [6.45, 7) is 6.40. The zero-order valence-corrected chi connectivity index (χ0v) is 16.9. The number of rotatable bonds is 7. The maximum atomic E-state index is 13.0. The van der Waals surface area contributed by atoms with Crippen LogP contribution in [0.5, 0.6) is 0 Å². The highest BCUT2D eigenvalue weighted by atomic mass is 19.1. The lowest BCUT2D eigenvalue weighted by molar-refractivity contribution is 0.0949. The number of nitrogens with zero attached hydrogens (tertiary/aromatic N) is 2. The summed E-state index contributed by atoms with van der Waals surface area (Å²) in [5.74, 6) is -0.131. The molecule has 0 fully saturated rings. The second-order valence-electron chi connectivity index (χ2n) is 6.94. The van der Waals surface area contributed by atoms with Crippen molar-refractivity contribution in [1.82, 2.24) is 15.3 Å². The van der Waals surface area contributed by atoms with Crippen LogP contribution >= 0.6 is 0 Å². The Morgan fingerprint density at radius 1 is 1.07 bits per heavy atom. The first-order valence-corrected chi connectivity index (χ1v) is 9.70. The quantitative estimate of drug-likeness (QED) is 0.621.